The minimum absolute atomic E-state index is 0.0971. The van der Waals surface area contributed by atoms with E-state index in [1.165, 1.54) is 19.3 Å². The summed E-state index contributed by atoms with van der Waals surface area (Å²) in [4.78, 5) is 40.8. The first-order valence-corrected chi connectivity index (χ1v) is 16.7. The summed E-state index contributed by atoms with van der Waals surface area (Å²) in [5.41, 5.74) is 1.66. The molecule has 1 aliphatic heterocycles. The molecule has 9 heteroatoms. The summed E-state index contributed by atoms with van der Waals surface area (Å²) >= 11 is 0. The minimum atomic E-state index is -0.511. The van der Waals surface area contributed by atoms with Gasteiger partial charge in [0, 0.05) is 31.6 Å². The molecule has 0 saturated heterocycles. The van der Waals surface area contributed by atoms with E-state index >= 15 is 0 Å². The molecule has 3 fully saturated rings. The number of amides is 1. The zero-order chi connectivity index (χ0) is 31.1. The molecule has 2 aromatic rings. The molecule has 3 aliphatic carbocycles. The largest absolute Gasteiger partial charge is 0.495 e. The van der Waals surface area contributed by atoms with E-state index in [9.17, 15) is 14.7 Å². The number of benzene rings is 1. The maximum atomic E-state index is 13.6. The van der Waals surface area contributed by atoms with Crippen molar-refractivity contribution in [2.75, 3.05) is 35.8 Å². The van der Waals surface area contributed by atoms with Crippen molar-refractivity contribution in [2.24, 2.45) is 16.7 Å². The van der Waals surface area contributed by atoms with Crippen LogP contribution in [0.1, 0.15) is 108 Å². The Morgan fingerprint density at radius 1 is 1.11 bits per heavy atom. The Morgan fingerprint density at radius 2 is 1.84 bits per heavy atom. The lowest BCUT2D eigenvalue weighted by Gasteiger charge is -2.38. The number of rotatable bonds is 9. The number of hydrogen-bond donors (Lipinski definition) is 2. The van der Waals surface area contributed by atoms with E-state index in [0.717, 1.165) is 69.3 Å². The van der Waals surface area contributed by atoms with Crippen molar-refractivity contribution in [3.05, 3.63) is 30.0 Å². The highest BCUT2D eigenvalue weighted by Gasteiger charge is 2.50. The average molecular weight is 604 g/mol. The predicted molar refractivity (Wildman–Crippen MR) is 173 cm³/mol. The molecule has 1 atom stereocenters. The molecule has 238 valence electrons. The molecule has 2 heterocycles. The van der Waals surface area contributed by atoms with E-state index < -0.39 is 5.41 Å². The van der Waals surface area contributed by atoms with Crippen molar-refractivity contribution >= 4 is 34.8 Å². The fourth-order valence-electron chi connectivity index (χ4n) is 7.95. The Morgan fingerprint density at radius 3 is 2.50 bits per heavy atom. The predicted octanol–water partition coefficient (Wildman–Crippen LogP) is 6.66. The molecule has 2 N–H and O–H groups in total. The summed E-state index contributed by atoms with van der Waals surface area (Å²) in [7, 11) is 3.44. The van der Waals surface area contributed by atoms with Crippen LogP contribution < -0.4 is 19.9 Å². The number of aliphatic hydroxyl groups excluding tert-OH is 1. The van der Waals surface area contributed by atoms with E-state index in [1.54, 1.807) is 18.2 Å². The molecular weight excluding hydrogens is 554 g/mol. The number of ether oxygens (including phenoxy) is 1. The molecule has 44 heavy (non-hydrogen) atoms. The van der Waals surface area contributed by atoms with Gasteiger partial charge in [-0.05, 0) is 94.2 Å². The van der Waals surface area contributed by atoms with Gasteiger partial charge in [-0.2, -0.15) is 4.98 Å². The van der Waals surface area contributed by atoms with Gasteiger partial charge in [-0.15, -0.1) is 0 Å². The number of aromatic nitrogens is 2. The summed E-state index contributed by atoms with van der Waals surface area (Å²) in [5, 5.41) is 13.3. The summed E-state index contributed by atoms with van der Waals surface area (Å²) in [6.07, 6.45) is 14.6. The third-order valence-electron chi connectivity index (χ3n) is 11.3. The van der Waals surface area contributed by atoms with Crippen molar-refractivity contribution in [2.45, 2.75) is 109 Å². The van der Waals surface area contributed by atoms with Crippen LogP contribution in [0.5, 0.6) is 5.75 Å². The Labute approximate surface area is 261 Å². The van der Waals surface area contributed by atoms with Crippen molar-refractivity contribution in [1.29, 1.82) is 0 Å². The number of methoxy groups -OCH3 is 1. The van der Waals surface area contributed by atoms with Gasteiger partial charge >= 0.3 is 0 Å². The number of aliphatic hydroxyl groups is 1. The number of nitrogens with one attached hydrogen (secondary N) is 1. The molecule has 0 unspecified atom stereocenters. The number of carbonyl (C=O) groups is 2. The molecule has 0 bridgehead atoms. The maximum absolute atomic E-state index is 13.6. The molecular formula is C35H49N5O4. The van der Waals surface area contributed by atoms with E-state index in [1.807, 2.05) is 25.2 Å². The van der Waals surface area contributed by atoms with Crippen molar-refractivity contribution in [1.82, 2.24) is 9.97 Å². The quantitative estimate of drug-likeness (QED) is 0.306. The van der Waals surface area contributed by atoms with Crippen LogP contribution in [0, 0.1) is 16.7 Å². The first-order valence-electron chi connectivity index (χ1n) is 16.7. The molecule has 1 aromatic carbocycles. The van der Waals surface area contributed by atoms with Gasteiger partial charge in [-0.1, -0.05) is 26.2 Å². The van der Waals surface area contributed by atoms with Crippen LogP contribution in [0.15, 0.2) is 24.4 Å². The number of anilines is 4. The maximum Gasteiger partial charge on any atom is 0.234 e. The van der Waals surface area contributed by atoms with E-state index in [2.05, 4.69) is 29.0 Å². The van der Waals surface area contributed by atoms with Gasteiger partial charge in [0.2, 0.25) is 11.9 Å². The number of nitrogens with zero attached hydrogens (tertiary/aromatic N) is 4. The smallest absolute Gasteiger partial charge is 0.234 e. The molecule has 0 radical (unpaired) electrons. The van der Waals surface area contributed by atoms with Crippen molar-refractivity contribution in [3.63, 3.8) is 0 Å². The van der Waals surface area contributed by atoms with E-state index in [-0.39, 0.29) is 23.2 Å². The first kappa shape index (κ1) is 30.8. The number of hydrogen-bond acceptors (Lipinski definition) is 8. The van der Waals surface area contributed by atoms with Crippen LogP contribution in [0.2, 0.25) is 0 Å². The summed E-state index contributed by atoms with van der Waals surface area (Å²) in [6, 6.07) is 5.90. The van der Waals surface area contributed by atoms with Gasteiger partial charge in [0.15, 0.2) is 11.6 Å². The highest BCUT2D eigenvalue weighted by atomic mass is 16.5. The van der Waals surface area contributed by atoms with Crippen LogP contribution in [0.25, 0.3) is 0 Å². The highest BCUT2D eigenvalue weighted by Crippen LogP contribution is 2.59. The molecule has 3 saturated carbocycles. The van der Waals surface area contributed by atoms with Crippen molar-refractivity contribution in [3.8, 4) is 5.75 Å². The highest BCUT2D eigenvalue weighted by molar-refractivity contribution is 6.01. The Kier molecular flexibility index (Phi) is 8.61. The second kappa shape index (κ2) is 12.3. The van der Waals surface area contributed by atoms with Gasteiger partial charge in [-0.25, -0.2) is 4.98 Å². The van der Waals surface area contributed by atoms with Crippen LogP contribution in [0.3, 0.4) is 0 Å². The molecule has 4 aliphatic rings. The lowest BCUT2D eigenvalue weighted by molar-refractivity contribution is -0.126. The van der Waals surface area contributed by atoms with Gasteiger partial charge in [0.1, 0.15) is 11.4 Å². The second-order valence-corrected chi connectivity index (χ2v) is 14.1. The van der Waals surface area contributed by atoms with E-state index in [0.29, 0.717) is 47.9 Å². The fraction of sp³-hybridized carbons (Fsp3) is 0.657. The molecule has 0 spiro atoms. The second-order valence-electron chi connectivity index (χ2n) is 14.1. The average Bonchev–Trinajstić information content (AvgIpc) is 3.84. The number of carbonyl (C=O) groups excluding carboxylic acids is 2. The topological polar surface area (TPSA) is 108 Å². The zero-order valence-electron chi connectivity index (χ0n) is 26.9. The number of Topliss-reactive ketones (excluding diaryl/α,β-unsaturated/α-hetero) is 1. The minimum Gasteiger partial charge on any atom is -0.495 e. The first-order chi connectivity index (χ1) is 21.2. The summed E-state index contributed by atoms with van der Waals surface area (Å²) in [5.74, 6) is 2.56. The Hall–Kier alpha value is -3.20. The molecule has 6 rings (SSSR count). The van der Waals surface area contributed by atoms with Crippen molar-refractivity contribution < 1.29 is 19.4 Å². The standard InChI is InChI=1S/C35H49N5O4/c1-5-34(2)22-40(25-9-7-6-8-10-25)31-28(39(3)32(34)43)21-36-33(38-31)37-27-16-11-23(19-30(27)44-4)29(42)20-35(17-18-35)24-12-14-26(41)15-13-24/h11,16,19,21,24-26,41H,5-10,12-15,17-18,20,22H2,1-4H3,(H,36,37,38)/t24?,26?,34-/m1/s1. The van der Waals surface area contributed by atoms with Crippen LogP contribution in [0.4, 0.5) is 23.1 Å². The monoisotopic (exact) mass is 603 g/mol. The number of fused-ring (bicyclic) bond motifs is 1. The third-order valence-corrected chi connectivity index (χ3v) is 11.3. The summed E-state index contributed by atoms with van der Waals surface area (Å²) < 4.78 is 5.74. The lowest BCUT2D eigenvalue weighted by Crippen LogP contribution is -2.47. The third kappa shape index (κ3) is 5.92. The molecule has 1 aromatic heterocycles. The number of ketones is 1. The van der Waals surface area contributed by atoms with Gasteiger partial charge in [0.05, 0.1) is 30.5 Å². The summed E-state index contributed by atoms with van der Waals surface area (Å²) in [6.45, 7) is 4.79. The van der Waals surface area contributed by atoms with Gasteiger partial charge in [-0.3, -0.25) is 9.59 Å². The fourth-order valence-corrected chi connectivity index (χ4v) is 7.95. The van der Waals surface area contributed by atoms with Crippen LogP contribution in [-0.2, 0) is 4.79 Å². The normalized spacial score (nSPS) is 27.0. The van der Waals surface area contributed by atoms with Gasteiger partial charge in [0.25, 0.3) is 0 Å². The Balaban J connectivity index is 1.24. The Bertz CT molecular complexity index is 1380. The van der Waals surface area contributed by atoms with Crippen LogP contribution >= 0.6 is 0 Å². The zero-order valence-corrected chi connectivity index (χ0v) is 26.9. The molecule has 1 amide bonds. The van der Waals surface area contributed by atoms with E-state index in [4.69, 9.17) is 9.72 Å². The lowest BCUT2D eigenvalue weighted by atomic mass is 9.74. The SMILES string of the molecule is CC[C@]1(C)CN(C2CCCCC2)c2nc(Nc3ccc(C(=O)CC4(C5CCC(O)CC5)CC4)cc3OC)ncc2N(C)C1=O. The molecule has 9 nitrogen and oxygen atoms in total. The van der Waals surface area contributed by atoms with Gasteiger partial charge < -0.3 is 25.0 Å². The van der Waals surface area contributed by atoms with Crippen LogP contribution in [-0.4, -0.2) is 59.6 Å².